The van der Waals surface area contributed by atoms with Crippen molar-refractivity contribution in [1.29, 1.82) is 0 Å². The van der Waals surface area contributed by atoms with Crippen LogP contribution in [0.2, 0.25) is 0 Å². The van der Waals surface area contributed by atoms with E-state index in [1.165, 1.54) is 0 Å². The molecule has 0 aliphatic heterocycles. The summed E-state index contributed by atoms with van der Waals surface area (Å²) in [7, 11) is 0. The van der Waals surface area contributed by atoms with Gasteiger partial charge in [0.05, 0.1) is 12.7 Å². The molecule has 21 heavy (non-hydrogen) atoms. The predicted octanol–water partition coefficient (Wildman–Crippen LogP) is 4.04. The van der Waals surface area contributed by atoms with Crippen LogP contribution < -0.4 is 5.32 Å². The fraction of sp³-hybridized carbons (Fsp3) is 0.333. The minimum Gasteiger partial charge on any atom is -0.444 e. The average molecular weight is 352 g/mol. The van der Waals surface area contributed by atoms with E-state index in [1.54, 1.807) is 16.9 Å². The number of anilines is 1. The summed E-state index contributed by atoms with van der Waals surface area (Å²) in [6.45, 7) is 6.04. The summed E-state index contributed by atoms with van der Waals surface area (Å²) < 4.78 is 7.96. The molecule has 1 aromatic heterocycles. The number of hydrogen-bond acceptors (Lipinski definition) is 3. The van der Waals surface area contributed by atoms with Crippen molar-refractivity contribution in [3.8, 4) is 0 Å². The van der Waals surface area contributed by atoms with Crippen LogP contribution in [0.4, 0.5) is 10.6 Å². The first kappa shape index (κ1) is 15.6. The number of aromatic nitrogens is 2. The van der Waals surface area contributed by atoms with Gasteiger partial charge in [-0.15, -0.1) is 0 Å². The molecule has 2 rings (SSSR count). The first-order valence-electron chi connectivity index (χ1n) is 6.60. The zero-order valence-electron chi connectivity index (χ0n) is 12.3. The molecule has 0 radical (unpaired) electrons. The molecule has 0 atom stereocenters. The standard InChI is InChI=1S/C15H18BrN3O2/c1-15(2,3)21-14(20)18-13-7-8-17-19(13)10-11-5-4-6-12(16)9-11/h4-9H,10H2,1-3H3,(H,18,20). The van der Waals surface area contributed by atoms with Crippen molar-refractivity contribution < 1.29 is 9.53 Å². The van der Waals surface area contributed by atoms with Crippen LogP contribution in [0.25, 0.3) is 0 Å². The van der Waals surface area contributed by atoms with Crippen molar-refractivity contribution in [3.63, 3.8) is 0 Å². The highest BCUT2D eigenvalue weighted by molar-refractivity contribution is 9.10. The number of amides is 1. The fourth-order valence-electron chi connectivity index (χ4n) is 1.78. The van der Waals surface area contributed by atoms with Gasteiger partial charge in [0, 0.05) is 10.5 Å². The Morgan fingerprint density at radius 3 is 2.81 bits per heavy atom. The normalized spacial score (nSPS) is 11.2. The van der Waals surface area contributed by atoms with Gasteiger partial charge in [-0.2, -0.15) is 5.10 Å². The first-order chi connectivity index (χ1) is 9.83. The van der Waals surface area contributed by atoms with Gasteiger partial charge in [0.2, 0.25) is 0 Å². The quantitative estimate of drug-likeness (QED) is 0.907. The highest BCUT2D eigenvalue weighted by Gasteiger charge is 2.17. The van der Waals surface area contributed by atoms with E-state index in [9.17, 15) is 4.79 Å². The van der Waals surface area contributed by atoms with E-state index in [4.69, 9.17) is 4.74 Å². The van der Waals surface area contributed by atoms with E-state index in [1.807, 2.05) is 45.0 Å². The third kappa shape index (κ3) is 4.90. The van der Waals surface area contributed by atoms with Gasteiger partial charge in [0.1, 0.15) is 11.4 Å². The lowest BCUT2D eigenvalue weighted by Crippen LogP contribution is -2.28. The lowest BCUT2D eigenvalue weighted by molar-refractivity contribution is 0.0634. The van der Waals surface area contributed by atoms with Crippen LogP contribution in [-0.2, 0) is 11.3 Å². The highest BCUT2D eigenvalue weighted by atomic mass is 79.9. The summed E-state index contributed by atoms with van der Waals surface area (Å²) in [6, 6.07) is 9.68. The lowest BCUT2D eigenvalue weighted by atomic mass is 10.2. The van der Waals surface area contributed by atoms with Crippen molar-refractivity contribution in [2.45, 2.75) is 32.9 Å². The summed E-state index contributed by atoms with van der Waals surface area (Å²) in [5, 5.41) is 6.93. The summed E-state index contributed by atoms with van der Waals surface area (Å²) in [5.74, 6) is 0.601. The number of carbonyl (C=O) groups is 1. The maximum Gasteiger partial charge on any atom is 0.413 e. The zero-order chi connectivity index (χ0) is 15.5. The van der Waals surface area contributed by atoms with Crippen molar-refractivity contribution >= 4 is 27.8 Å². The summed E-state index contributed by atoms with van der Waals surface area (Å²) >= 11 is 3.44. The number of hydrogen-bond donors (Lipinski definition) is 1. The predicted molar refractivity (Wildman–Crippen MR) is 85.3 cm³/mol. The van der Waals surface area contributed by atoms with Crippen LogP contribution >= 0.6 is 15.9 Å². The Balaban J connectivity index is 2.07. The number of carbonyl (C=O) groups excluding carboxylic acids is 1. The lowest BCUT2D eigenvalue weighted by Gasteiger charge is -2.19. The van der Waals surface area contributed by atoms with Gasteiger partial charge in [-0.3, -0.25) is 5.32 Å². The van der Waals surface area contributed by atoms with E-state index in [-0.39, 0.29) is 0 Å². The second-order valence-electron chi connectivity index (χ2n) is 5.63. The fourth-order valence-corrected chi connectivity index (χ4v) is 2.23. The van der Waals surface area contributed by atoms with Gasteiger partial charge in [-0.1, -0.05) is 28.1 Å². The molecule has 0 bridgehead atoms. The topological polar surface area (TPSA) is 56.1 Å². The Labute approximate surface area is 132 Å². The second-order valence-corrected chi connectivity index (χ2v) is 6.55. The Kier molecular flexibility index (Phi) is 4.67. The van der Waals surface area contributed by atoms with Crippen LogP contribution in [0.5, 0.6) is 0 Å². The van der Waals surface area contributed by atoms with Crippen molar-refractivity contribution in [1.82, 2.24) is 9.78 Å². The van der Waals surface area contributed by atoms with E-state index in [0.29, 0.717) is 12.4 Å². The highest BCUT2D eigenvalue weighted by Crippen LogP contribution is 2.16. The molecule has 0 aliphatic rings. The molecular weight excluding hydrogens is 334 g/mol. The molecular formula is C15H18BrN3O2. The zero-order valence-corrected chi connectivity index (χ0v) is 13.8. The molecule has 112 valence electrons. The summed E-state index contributed by atoms with van der Waals surface area (Å²) in [6.07, 6.45) is 1.16. The molecule has 0 saturated heterocycles. The second kappa shape index (κ2) is 6.30. The molecule has 6 heteroatoms. The number of rotatable bonds is 3. The van der Waals surface area contributed by atoms with Crippen LogP contribution in [0.1, 0.15) is 26.3 Å². The SMILES string of the molecule is CC(C)(C)OC(=O)Nc1ccnn1Cc1cccc(Br)c1. The largest absolute Gasteiger partial charge is 0.444 e. The van der Waals surface area contributed by atoms with Crippen LogP contribution in [-0.4, -0.2) is 21.5 Å². The number of halogens is 1. The Bertz CT molecular complexity index is 632. The van der Waals surface area contributed by atoms with Gasteiger partial charge >= 0.3 is 6.09 Å². The number of benzene rings is 1. The smallest absolute Gasteiger partial charge is 0.413 e. The van der Waals surface area contributed by atoms with Gasteiger partial charge in [0.25, 0.3) is 0 Å². The number of nitrogens with one attached hydrogen (secondary N) is 1. The average Bonchev–Trinajstić information content (AvgIpc) is 2.74. The monoisotopic (exact) mass is 351 g/mol. The first-order valence-corrected chi connectivity index (χ1v) is 7.39. The molecule has 1 heterocycles. The van der Waals surface area contributed by atoms with Gasteiger partial charge < -0.3 is 4.74 Å². The van der Waals surface area contributed by atoms with Crippen molar-refractivity contribution in [2.75, 3.05) is 5.32 Å². The molecule has 0 saturated carbocycles. The van der Waals surface area contributed by atoms with E-state index in [0.717, 1.165) is 10.0 Å². The molecule has 0 fully saturated rings. The van der Waals surface area contributed by atoms with Gasteiger partial charge in [0.15, 0.2) is 0 Å². The third-order valence-corrected chi connectivity index (χ3v) is 3.06. The minimum atomic E-state index is -0.529. The van der Waals surface area contributed by atoms with E-state index >= 15 is 0 Å². The van der Waals surface area contributed by atoms with Gasteiger partial charge in [-0.05, 0) is 38.5 Å². The Morgan fingerprint density at radius 2 is 2.14 bits per heavy atom. The molecule has 0 aliphatic carbocycles. The van der Waals surface area contributed by atoms with Crippen LogP contribution in [0, 0.1) is 0 Å². The maximum absolute atomic E-state index is 11.8. The summed E-state index contributed by atoms with van der Waals surface area (Å²) in [5.41, 5.74) is 0.555. The Hall–Kier alpha value is -1.82. The Morgan fingerprint density at radius 1 is 1.38 bits per heavy atom. The number of ether oxygens (including phenoxy) is 1. The molecule has 5 nitrogen and oxygen atoms in total. The minimum absolute atomic E-state index is 0.488. The van der Waals surface area contributed by atoms with Crippen LogP contribution in [0.3, 0.4) is 0 Å². The molecule has 1 aromatic carbocycles. The molecule has 0 spiro atoms. The van der Waals surface area contributed by atoms with E-state index in [2.05, 4.69) is 26.3 Å². The molecule has 1 N–H and O–H groups in total. The number of nitrogens with zero attached hydrogens (tertiary/aromatic N) is 2. The van der Waals surface area contributed by atoms with Crippen molar-refractivity contribution in [3.05, 3.63) is 46.6 Å². The summed E-state index contributed by atoms with van der Waals surface area (Å²) in [4.78, 5) is 11.8. The van der Waals surface area contributed by atoms with E-state index < -0.39 is 11.7 Å². The maximum atomic E-state index is 11.8. The third-order valence-electron chi connectivity index (χ3n) is 2.57. The van der Waals surface area contributed by atoms with Crippen LogP contribution in [0.15, 0.2) is 41.0 Å². The molecule has 1 amide bonds. The molecule has 0 unspecified atom stereocenters. The molecule has 2 aromatic rings. The van der Waals surface area contributed by atoms with Gasteiger partial charge in [-0.25, -0.2) is 9.48 Å². The van der Waals surface area contributed by atoms with Crippen molar-refractivity contribution in [2.24, 2.45) is 0 Å².